The zero-order valence-electron chi connectivity index (χ0n) is 13.8. The maximum absolute atomic E-state index is 11.8. The number of fused-ring (bicyclic) bond motifs is 1. The highest BCUT2D eigenvalue weighted by Crippen LogP contribution is 2.15. The summed E-state index contributed by atoms with van der Waals surface area (Å²) in [4.78, 5) is 11.8. The average Bonchev–Trinajstić information content (AvgIpc) is 2.70. The lowest BCUT2D eigenvalue weighted by molar-refractivity contribution is -0.122. The number of aromatic nitrogens is 3. The lowest BCUT2D eigenvalue weighted by Gasteiger charge is -2.14. The van der Waals surface area contributed by atoms with E-state index < -0.39 is 6.04 Å². The standard InChI is InChI=1S/C16H29N5O/c1-12(2)11-13(17)16(22)18-9-6-8-15-20-19-14-7-4-3-5-10-21(14)15/h12-13H,3-11,17H2,1-2H3,(H,18,22)/t13-/m0/s1. The summed E-state index contributed by atoms with van der Waals surface area (Å²) >= 11 is 0. The number of carbonyl (C=O) groups is 1. The van der Waals surface area contributed by atoms with Crippen molar-refractivity contribution >= 4 is 5.91 Å². The second-order valence-electron chi connectivity index (χ2n) is 6.63. The number of nitrogens with zero attached hydrogens (tertiary/aromatic N) is 3. The molecule has 22 heavy (non-hydrogen) atoms. The SMILES string of the molecule is CC(C)C[C@H](N)C(=O)NCCCc1nnc2n1CCCCC2. The zero-order valence-corrected chi connectivity index (χ0v) is 13.8. The largest absolute Gasteiger partial charge is 0.355 e. The van der Waals surface area contributed by atoms with Gasteiger partial charge >= 0.3 is 0 Å². The molecule has 1 aliphatic rings. The first-order chi connectivity index (χ1) is 10.6. The molecule has 1 aromatic heterocycles. The minimum Gasteiger partial charge on any atom is -0.355 e. The topological polar surface area (TPSA) is 85.8 Å². The molecule has 1 amide bonds. The number of nitrogens with two attached hydrogens (primary N) is 1. The third-order valence-corrected chi connectivity index (χ3v) is 4.12. The minimum atomic E-state index is -0.399. The molecule has 2 rings (SSSR count). The molecular formula is C16H29N5O. The van der Waals surface area contributed by atoms with Crippen molar-refractivity contribution in [2.24, 2.45) is 11.7 Å². The molecule has 0 bridgehead atoms. The van der Waals surface area contributed by atoms with Crippen molar-refractivity contribution in [3.05, 3.63) is 11.6 Å². The van der Waals surface area contributed by atoms with Gasteiger partial charge in [-0.2, -0.15) is 0 Å². The summed E-state index contributed by atoms with van der Waals surface area (Å²) in [6.07, 6.45) is 7.18. The molecule has 3 N–H and O–H groups in total. The van der Waals surface area contributed by atoms with Gasteiger partial charge in [0.25, 0.3) is 0 Å². The van der Waals surface area contributed by atoms with Crippen LogP contribution in [0.15, 0.2) is 0 Å². The van der Waals surface area contributed by atoms with Crippen LogP contribution in [0.3, 0.4) is 0 Å². The molecule has 1 atom stereocenters. The monoisotopic (exact) mass is 307 g/mol. The van der Waals surface area contributed by atoms with E-state index >= 15 is 0 Å². The average molecular weight is 307 g/mol. The molecule has 0 saturated carbocycles. The number of rotatable bonds is 7. The molecule has 0 unspecified atom stereocenters. The highest BCUT2D eigenvalue weighted by Gasteiger charge is 2.16. The van der Waals surface area contributed by atoms with Crippen LogP contribution in [0.2, 0.25) is 0 Å². The van der Waals surface area contributed by atoms with Gasteiger partial charge in [0.2, 0.25) is 5.91 Å². The van der Waals surface area contributed by atoms with Crippen molar-refractivity contribution in [3.63, 3.8) is 0 Å². The third kappa shape index (κ3) is 4.80. The summed E-state index contributed by atoms with van der Waals surface area (Å²) in [5.74, 6) is 2.56. The van der Waals surface area contributed by atoms with Gasteiger partial charge < -0.3 is 15.6 Å². The first-order valence-corrected chi connectivity index (χ1v) is 8.52. The van der Waals surface area contributed by atoms with Crippen LogP contribution in [0, 0.1) is 5.92 Å². The highest BCUT2D eigenvalue weighted by molar-refractivity contribution is 5.81. The summed E-state index contributed by atoms with van der Waals surface area (Å²) in [5.41, 5.74) is 5.86. The smallest absolute Gasteiger partial charge is 0.236 e. The molecule has 0 aliphatic carbocycles. The Balaban J connectivity index is 1.73. The van der Waals surface area contributed by atoms with Gasteiger partial charge in [-0.05, 0) is 31.6 Å². The number of aryl methyl sites for hydroxylation is 2. The number of carbonyl (C=O) groups excluding carboxylic acids is 1. The normalized spacial score (nSPS) is 16.2. The summed E-state index contributed by atoms with van der Waals surface area (Å²) in [5, 5.41) is 11.5. The number of hydrogen-bond acceptors (Lipinski definition) is 4. The molecule has 6 heteroatoms. The Labute approximate surface area is 132 Å². The lowest BCUT2D eigenvalue weighted by atomic mass is 10.0. The van der Waals surface area contributed by atoms with Crippen molar-refractivity contribution in [3.8, 4) is 0 Å². The number of hydrogen-bond donors (Lipinski definition) is 2. The maximum atomic E-state index is 11.8. The summed E-state index contributed by atoms with van der Waals surface area (Å²) in [6, 6.07) is -0.399. The van der Waals surface area contributed by atoms with Gasteiger partial charge in [-0.1, -0.05) is 20.3 Å². The molecule has 0 radical (unpaired) electrons. The van der Waals surface area contributed by atoms with Crippen LogP contribution in [0.4, 0.5) is 0 Å². The third-order valence-electron chi connectivity index (χ3n) is 4.12. The van der Waals surface area contributed by atoms with Gasteiger partial charge in [0.15, 0.2) is 0 Å². The van der Waals surface area contributed by atoms with E-state index in [9.17, 15) is 4.79 Å². The Morgan fingerprint density at radius 1 is 1.32 bits per heavy atom. The van der Waals surface area contributed by atoms with Gasteiger partial charge in [-0.25, -0.2) is 0 Å². The van der Waals surface area contributed by atoms with Crippen molar-refractivity contribution in [1.82, 2.24) is 20.1 Å². The fraction of sp³-hybridized carbons (Fsp3) is 0.812. The second-order valence-corrected chi connectivity index (χ2v) is 6.63. The van der Waals surface area contributed by atoms with Gasteiger partial charge in [0.05, 0.1) is 6.04 Å². The fourth-order valence-corrected chi connectivity index (χ4v) is 2.93. The van der Waals surface area contributed by atoms with E-state index in [4.69, 9.17) is 5.73 Å². The summed E-state index contributed by atoms with van der Waals surface area (Å²) in [6.45, 7) is 5.82. The molecule has 2 heterocycles. The Hall–Kier alpha value is -1.43. The van der Waals surface area contributed by atoms with E-state index in [1.165, 1.54) is 19.3 Å². The van der Waals surface area contributed by atoms with Crippen LogP contribution in [-0.2, 0) is 24.2 Å². The summed E-state index contributed by atoms with van der Waals surface area (Å²) in [7, 11) is 0. The number of amides is 1. The van der Waals surface area contributed by atoms with Crippen molar-refractivity contribution < 1.29 is 4.79 Å². The van der Waals surface area contributed by atoms with Crippen LogP contribution in [0.25, 0.3) is 0 Å². The first-order valence-electron chi connectivity index (χ1n) is 8.52. The van der Waals surface area contributed by atoms with Crippen LogP contribution in [0.5, 0.6) is 0 Å². The van der Waals surface area contributed by atoms with E-state index in [0.717, 1.165) is 43.9 Å². The molecule has 0 aromatic carbocycles. The lowest BCUT2D eigenvalue weighted by Crippen LogP contribution is -2.41. The predicted octanol–water partition coefficient (Wildman–Crippen LogP) is 1.43. The van der Waals surface area contributed by atoms with Gasteiger partial charge in [0.1, 0.15) is 11.6 Å². The Bertz CT molecular complexity index is 483. The van der Waals surface area contributed by atoms with Crippen molar-refractivity contribution in [1.29, 1.82) is 0 Å². The zero-order chi connectivity index (χ0) is 15.9. The van der Waals surface area contributed by atoms with Gasteiger partial charge in [0, 0.05) is 25.9 Å². The van der Waals surface area contributed by atoms with Crippen LogP contribution < -0.4 is 11.1 Å². The van der Waals surface area contributed by atoms with Gasteiger partial charge in [-0.15, -0.1) is 10.2 Å². The molecule has 6 nitrogen and oxygen atoms in total. The molecule has 0 spiro atoms. The Kier molecular flexibility index (Phi) is 6.36. The molecular weight excluding hydrogens is 278 g/mol. The summed E-state index contributed by atoms with van der Waals surface area (Å²) < 4.78 is 2.26. The van der Waals surface area contributed by atoms with Crippen molar-refractivity contribution in [2.45, 2.75) is 71.4 Å². The molecule has 124 valence electrons. The minimum absolute atomic E-state index is 0.0474. The van der Waals surface area contributed by atoms with Crippen molar-refractivity contribution in [2.75, 3.05) is 6.54 Å². The van der Waals surface area contributed by atoms with E-state index in [1.807, 2.05) is 0 Å². The van der Waals surface area contributed by atoms with Crippen LogP contribution in [-0.4, -0.2) is 33.3 Å². The van der Waals surface area contributed by atoms with E-state index in [2.05, 4.69) is 33.9 Å². The van der Waals surface area contributed by atoms with Crippen LogP contribution >= 0.6 is 0 Å². The molecule has 0 saturated heterocycles. The molecule has 0 fully saturated rings. The van der Waals surface area contributed by atoms with E-state index in [1.54, 1.807) is 0 Å². The number of nitrogens with one attached hydrogen (secondary N) is 1. The van der Waals surface area contributed by atoms with E-state index in [-0.39, 0.29) is 5.91 Å². The van der Waals surface area contributed by atoms with E-state index in [0.29, 0.717) is 12.5 Å². The molecule has 1 aliphatic heterocycles. The fourth-order valence-electron chi connectivity index (χ4n) is 2.93. The Morgan fingerprint density at radius 3 is 2.91 bits per heavy atom. The quantitative estimate of drug-likeness (QED) is 0.746. The second kappa shape index (κ2) is 8.27. The Morgan fingerprint density at radius 2 is 2.14 bits per heavy atom. The first kappa shape index (κ1) is 16.9. The van der Waals surface area contributed by atoms with Crippen LogP contribution in [0.1, 0.15) is 57.6 Å². The van der Waals surface area contributed by atoms with Gasteiger partial charge in [-0.3, -0.25) is 4.79 Å². The molecule has 1 aromatic rings. The predicted molar refractivity (Wildman–Crippen MR) is 86.3 cm³/mol. The maximum Gasteiger partial charge on any atom is 0.236 e. The highest BCUT2D eigenvalue weighted by atomic mass is 16.2.